The maximum atomic E-state index is 14.9. The Balaban J connectivity index is 1.46. The van der Waals surface area contributed by atoms with Crippen LogP contribution < -0.4 is 0 Å². The fraction of sp³-hybridized carbons (Fsp3) is 0.429. The van der Waals surface area contributed by atoms with E-state index in [2.05, 4.69) is 52.0 Å². The molecule has 0 spiro atoms. The lowest BCUT2D eigenvalue weighted by atomic mass is 9.42. The summed E-state index contributed by atoms with van der Waals surface area (Å²) in [6, 6.07) is 16.4. The Morgan fingerprint density at radius 3 is 2.20 bits per heavy atom. The van der Waals surface area contributed by atoms with Crippen LogP contribution in [0.4, 0.5) is 0 Å². The molecule has 0 bridgehead atoms. The van der Waals surface area contributed by atoms with Crippen molar-refractivity contribution in [3.05, 3.63) is 104 Å². The van der Waals surface area contributed by atoms with Gasteiger partial charge in [0, 0.05) is 29.4 Å². The van der Waals surface area contributed by atoms with Crippen molar-refractivity contribution >= 4 is 33.9 Å². The van der Waals surface area contributed by atoms with Gasteiger partial charge < -0.3 is 0 Å². The molecule has 6 rings (SSSR count). The molecule has 0 saturated heterocycles. The summed E-state index contributed by atoms with van der Waals surface area (Å²) < 4.78 is 0. The number of rotatable bonds is 6. The first kappa shape index (κ1) is 32.0. The van der Waals surface area contributed by atoms with Gasteiger partial charge >= 0.3 is 0 Å². The van der Waals surface area contributed by atoms with Gasteiger partial charge in [0.05, 0.1) is 11.0 Å². The number of benzene rings is 3. The largest absolute Gasteiger partial charge is 0.299 e. The van der Waals surface area contributed by atoms with E-state index in [1.165, 1.54) is 6.92 Å². The van der Waals surface area contributed by atoms with E-state index in [0.29, 0.717) is 36.8 Å². The molecule has 4 nitrogen and oxygen atoms in total. The van der Waals surface area contributed by atoms with Gasteiger partial charge in [-0.05, 0) is 104 Å². The third kappa shape index (κ3) is 4.54. The van der Waals surface area contributed by atoms with Crippen LogP contribution in [-0.2, 0) is 33.6 Å². The second-order valence-electron chi connectivity index (χ2n) is 15.4. The molecular formula is C42H46O4. The van der Waals surface area contributed by atoms with Crippen LogP contribution in [0.2, 0.25) is 0 Å². The highest BCUT2D eigenvalue weighted by atomic mass is 16.2. The minimum absolute atomic E-state index is 0.0178. The van der Waals surface area contributed by atoms with E-state index in [1.807, 2.05) is 52.0 Å². The van der Waals surface area contributed by atoms with Crippen LogP contribution in [0.5, 0.6) is 0 Å². The molecule has 0 radical (unpaired) electrons. The third-order valence-corrected chi connectivity index (χ3v) is 12.0. The number of fused-ring (bicyclic) bond motifs is 4. The van der Waals surface area contributed by atoms with Crippen LogP contribution in [0.3, 0.4) is 0 Å². The highest BCUT2D eigenvalue weighted by Gasteiger charge is 2.63. The molecule has 3 unspecified atom stereocenters. The highest BCUT2D eigenvalue weighted by molar-refractivity contribution is 6.24. The lowest BCUT2D eigenvalue weighted by Gasteiger charge is -2.59. The van der Waals surface area contributed by atoms with Gasteiger partial charge in [-0.2, -0.15) is 0 Å². The average Bonchev–Trinajstić information content (AvgIpc) is 2.96. The summed E-state index contributed by atoms with van der Waals surface area (Å²) in [6.07, 6.45) is 2.63. The van der Waals surface area contributed by atoms with Crippen molar-refractivity contribution in [3.8, 4) is 0 Å². The molecule has 0 aromatic heterocycles. The normalized spacial score (nSPS) is 26.0. The summed E-state index contributed by atoms with van der Waals surface area (Å²) >= 11 is 0. The Bertz CT molecular complexity index is 1950. The Labute approximate surface area is 273 Å². The number of carbonyl (C=O) groups excluding carboxylic acids is 4. The van der Waals surface area contributed by atoms with Crippen molar-refractivity contribution in [2.45, 2.75) is 100 Å². The molecule has 0 N–H and O–H groups in total. The number of hydrogen-bond donors (Lipinski definition) is 0. The predicted molar refractivity (Wildman–Crippen MR) is 184 cm³/mol. The first-order valence-electron chi connectivity index (χ1n) is 16.7. The standard InChI is InChI=1S/C42H46O4/c1-23(2)33-19-30(18-31(44)17-29-15-12-14-28-13-10-11-16-32(28)29)25(4)36-34(33)21-40(7)22-41(8)20-24(3)35(27(6)43)39(46)42(41,9)26(5)37(40)38(36)45/h10-16,19,23H,17-18,20-22H2,1-9H3. The maximum absolute atomic E-state index is 14.9. The topological polar surface area (TPSA) is 68.3 Å². The average molecular weight is 615 g/mol. The van der Waals surface area contributed by atoms with E-state index < -0.39 is 16.2 Å². The van der Waals surface area contributed by atoms with Crippen molar-refractivity contribution in [2.75, 3.05) is 0 Å². The van der Waals surface area contributed by atoms with Crippen molar-refractivity contribution < 1.29 is 19.2 Å². The SMILES string of the molecule is CC(=O)C1=C(C)CC2(C)CC3(C)Cc4c(C(C)C)cc(CC(=O)Cc5cccc6ccccc56)c(C)c4C(=O)C3=C(C)C2(C)C1=O. The summed E-state index contributed by atoms with van der Waals surface area (Å²) in [5.41, 5.74) is 6.59. The lowest BCUT2D eigenvalue weighted by Crippen LogP contribution is -2.57. The van der Waals surface area contributed by atoms with Crippen LogP contribution in [0.15, 0.2) is 70.8 Å². The maximum Gasteiger partial charge on any atom is 0.190 e. The molecule has 3 aromatic rings. The summed E-state index contributed by atoms with van der Waals surface area (Å²) in [4.78, 5) is 55.5. The van der Waals surface area contributed by atoms with Gasteiger partial charge in [-0.25, -0.2) is 0 Å². The van der Waals surface area contributed by atoms with Crippen molar-refractivity contribution in [2.24, 2.45) is 16.2 Å². The molecular weight excluding hydrogens is 568 g/mol. The van der Waals surface area contributed by atoms with Gasteiger partial charge in [-0.3, -0.25) is 19.2 Å². The minimum Gasteiger partial charge on any atom is -0.299 e. The molecule has 0 aliphatic heterocycles. The van der Waals surface area contributed by atoms with Gasteiger partial charge in [0.15, 0.2) is 17.3 Å². The molecule has 3 aliphatic rings. The molecule has 3 aliphatic carbocycles. The van der Waals surface area contributed by atoms with E-state index in [9.17, 15) is 19.2 Å². The third-order valence-electron chi connectivity index (χ3n) is 12.0. The van der Waals surface area contributed by atoms with Gasteiger partial charge in [0.2, 0.25) is 0 Å². The van der Waals surface area contributed by atoms with Crippen LogP contribution in [-0.4, -0.2) is 23.1 Å². The number of allylic oxidation sites excluding steroid dienone is 4. The monoisotopic (exact) mass is 614 g/mol. The van der Waals surface area contributed by atoms with E-state index in [0.717, 1.165) is 55.3 Å². The molecule has 0 saturated carbocycles. The van der Waals surface area contributed by atoms with Gasteiger partial charge in [-0.15, -0.1) is 0 Å². The Kier molecular flexibility index (Phi) is 7.54. The lowest BCUT2D eigenvalue weighted by molar-refractivity contribution is -0.134. The molecule has 3 aromatic carbocycles. The molecule has 0 amide bonds. The molecule has 46 heavy (non-hydrogen) atoms. The molecule has 238 valence electrons. The first-order valence-corrected chi connectivity index (χ1v) is 16.7. The van der Waals surface area contributed by atoms with Crippen LogP contribution in [0.25, 0.3) is 10.8 Å². The van der Waals surface area contributed by atoms with Crippen molar-refractivity contribution in [1.82, 2.24) is 0 Å². The smallest absolute Gasteiger partial charge is 0.190 e. The quantitative estimate of drug-likeness (QED) is 0.260. The zero-order valence-corrected chi connectivity index (χ0v) is 28.9. The number of hydrogen-bond acceptors (Lipinski definition) is 4. The van der Waals surface area contributed by atoms with Gasteiger partial charge in [-0.1, -0.05) is 87.4 Å². The summed E-state index contributed by atoms with van der Waals surface area (Å²) in [7, 11) is 0. The molecule has 0 heterocycles. The number of Topliss-reactive ketones (excluding diaryl/α,β-unsaturated/α-hetero) is 4. The van der Waals surface area contributed by atoms with Crippen molar-refractivity contribution in [3.63, 3.8) is 0 Å². The van der Waals surface area contributed by atoms with E-state index in [-0.39, 0.29) is 35.5 Å². The molecule has 4 heteroatoms. The second-order valence-corrected chi connectivity index (χ2v) is 15.4. The number of ketones is 4. The van der Waals surface area contributed by atoms with E-state index in [4.69, 9.17) is 0 Å². The Morgan fingerprint density at radius 1 is 0.870 bits per heavy atom. The zero-order chi connectivity index (χ0) is 33.5. The Morgan fingerprint density at radius 2 is 1.52 bits per heavy atom. The second kappa shape index (κ2) is 10.8. The fourth-order valence-electron chi connectivity index (χ4n) is 9.70. The summed E-state index contributed by atoms with van der Waals surface area (Å²) in [6.45, 7) is 18.0. The highest BCUT2D eigenvalue weighted by Crippen LogP contribution is 2.66. The van der Waals surface area contributed by atoms with Crippen LogP contribution >= 0.6 is 0 Å². The molecule has 3 atom stereocenters. The zero-order valence-electron chi connectivity index (χ0n) is 28.9. The van der Waals surface area contributed by atoms with Gasteiger partial charge in [0.25, 0.3) is 0 Å². The molecule has 0 fully saturated rings. The van der Waals surface area contributed by atoms with Crippen LogP contribution in [0, 0.1) is 23.2 Å². The summed E-state index contributed by atoms with van der Waals surface area (Å²) in [5, 5.41) is 2.21. The van der Waals surface area contributed by atoms with Crippen LogP contribution in [0.1, 0.15) is 112 Å². The van der Waals surface area contributed by atoms with Gasteiger partial charge in [0.1, 0.15) is 5.78 Å². The van der Waals surface area contributed by atoms with E-state index in [1.54, 1.807) is 0 Å². The predicted octanol–water partition coefficient (Wildman–Crippen LogP) is 8.98. The first-order chi connectivity index (χ1) is 21.5. The summed E-state index contributed by atoms with van der Waals surface area (Å²) in [5.74, 6) is -0.0778. The van der Waals surface area contributed by atoms with Crippen molar-refractivity contribution in [1.29, 1.82) is 0 Å². The van der Waals surface area contributed by atoms with E-state index >= 15 is 0 Å². The Hall–Kier alpha value is -3.92. The minimum atomic E-state index is -0.948. The number of carbonyl (C=O) groups is 4. The fourth-order valence-corrected chi connectivity index (χ4v) is 9.70.